The van der Waals surface area contributed by atoms with E-state index in [1.165, 1.54) is 12.7 Å². The second-order valence-corrected chi connectivity index (χ2v) is 3.88. The van der Waals surface area contributed by atoms with Crippen LogP contribution in [0, 0.1) is 5.41 Å². The molecule has 0 unspecified atom stereocenters. The van der Waals surface area contributed by atoms with Gasteiger partial charge in [0.2, 0.25) is 0 Å². The van der Waals surface area contributed by atoms with Crippen LogP contribution < -0.4 is 0 Å². The van der Waals surface area contributed by atoms with Crippen LogP contribution in [0.5, 0.6) is 0 Å². The molecule has 0 heterocycles. The van der Waals surface area contributed by atoms with Gasteiger partial charge >= 0.3 is 5.97 Å². The first kappa shape index (κ1) is 8.31. The summed E-state index contributed by atoms with van der Waals surface area (Å²) in [6, 6.07) is 0. The van der Waals surface area contributed by atoms with Gasteiger partial charge in [0, 0.05) is 12.0 Å². The Kier molecular flexibility index (Phi) is 1.78. The Bertz CT molecular complexity index is 218. The van der Waals surface area contributed by atoms with Gasteiger partial charge in [0.05, 0.1) is 7.11 Å². The molecule has 2 heteroatoms. The lowest BCUT2D eigenvalue weighted by Crippen LogP contribution is -2.02. The Labute approximate surface area is 67.2 Å². The zero-order valence-corrected chi connectivity index (χ0v) is 7.52. The van der Waals surface area contributed by atoms with Crippen molar-refractivity contribution in [3.8, 4) is 0 Å². The van der Waals surface area contributed by atoms with Crippen LogP contribution in [0.1, 0.15) is 27.2 Å². The van der Waals surface area contributed by atoms with Crippen LogP contribution in [0.4, 0.5) is 0 Å². The lowest BCUT2D eigenvalue weighted by Gasteiger charge is -2.12. The average Bonchev–Trinajstić information content (AvgIpc) is 2.62. The molecule has 0 aliphatic heterocycles. The maximum atomic E-state index is 11.0. The lowest BCUT2D eigenvalue weighted by molar-refractivity contribution is -0.135. The second-order valence-electron chi connectivity index (χ2n) is 3.88. The van der Waals surface area contributed by atoms with Gasteiger partial charge in [-0.25, -0.2) is 4.79 Å². The molecule has 0 bridgehead atoms. The molecule has 0 aromatic heterocycles. The Balaban J connectivity index is 2.69. The van der Waals surface area contributed by atoms with Crippen molar-refractivity contribution in [2.75, 3.05) is 7.11 Å². The summed E-state index contributed by atoms with van der Waals surface area (Å²) < 4.78 is 4.60. The lowest BCUT2D eigenvalue weighted by atomic mass is 9.93. The molecule has 1 aliphatic carbocycles. The van der Waals surface area contributed by atoms with Crippen molar-refractivity contribution in [1.29, 1.82) is 0 Å². The Morgan fingerprint density at radius 3 is 2.27 bits per heavy atom. The smallest absolute Gasteiger partial charge is 0.334 e. The minimum Gasteiger partial charge on any atom is -0.466 e. The predicted octanol–water partition coefficient (Wildman–Crippen LogP) is 1.91. The molecular weight excluding hydrogens is 140 g/mol. The third kappa shape index (κ3) is 1.62. The van der Waals surface area contributed by atoms with E-state index in [0.29, 0.717) is 0 Å². The predicted molar refractivity (Wildman–Crippen MR) is 43.1 cm³/mol. The van der Waals surface area contributed by atoms with Gasteiger partial charge in [-0.1, -0.05) is 20.8 Å². The van der Waals surface area contributed by atoms with Crippen molar-refractivity contribution in [2.24, 2.45) is 5.41 Å². The van der Waals surface area contributed by atoms with Crippen LogP contribution in [-0.4, -0.2) is 13.1 Å². The van der Waals surface area contributed by atoms with Crippen molar-refractivity contribution in [2.45, 2.75) is 27.2 Å². The number of hydrogen-bond donors (Lipinski definition) is 0. The van der Waals surface area contributed by atoms with Gasteiger partial charge in [-0.05, 0) is 11.0 Å². The van der Waals surface area contributed by atoms with Gasteiger partial charge in [-0.3, -0.25) is 0 Å². The third-order valence-electron chi connectivity index (χ3n) is 1.93. The number of carbonyl (C=O) groups excluding carboxylic acids is 1. The maximum absolute atomic E-state index is 11.0. The van der Waals surface area contributed by atoms with Gasteiger partial charge in [0.1, 0.15) is 0 Å². The highest BCUT2D eigenvalue weighted by molar-refractivity contribution is 5.95. The third-order valence-corrected chi connectivity index (χ3v) is 1.93. The number of methoxy groups -OCH3 is 1. The van der Waals surface area contributed by atoms with Crippen molar-refractivity contribution < 1.29 is 9.53 Å². The van der Waals surface area contributed by atoms with Gasteiger partial charge in [-0.2, -0.15) is 0 Å². The van der Waals surface area contributed by atoms with E-state index in [2.05, 4.69) is 25.5 Å². The second kappa shape index (κ2) is 2.36. The molecule has 0 amide bonds. The Morgan fingerprint density at radius 2 is 2.00 bits per heavy atom. The molecule has 0 fully saturated rings. The molecule has 0 aromatic rings. The summed E-state index contributed by atoms with van der Waals surface area (Å²) >= 11 is 0. The number of rotatable bonds is 1. The summed E-state index contributed by atoms with van der Waals surface area (Å²) in [6.07, 6.45) is 0.843. The molecule has 2 nitrogen and oxygen atoms in total. The summed E-state index contributed by atoms with van der Waals surface area (Å²) in [5, 5.41) is 0. The average molecular weight is 154 g/mol. The molecule has 0 saturated carbocycles. The van der Waals surface area contributed by atoms with E-state index < -0.39 is 0 Å². The highest BCUT2D eigenvalue weighted by Crippen LogP contribution is 2.44. The highest BCUT2D eigenvalue weighted by Gasteiger charge is 2.36. The Hall–Kier alpha value is -0.790. The largest absolute Gasteiger partial charge is 0.466 e. The van der Waals surface area contributed by atoms with Crippen LogP contribution in [0.3, 0.4) is 0 Å². The maximum Gasteiger partial charge on any atom is 0.334 e. The first-order valence-electron chi connectivity index (χ1n) is 3.77. The zero-order valence-electron chi connectivity index (χ0n) is 7.52. The van der Waals surface area contributed by atoms with E-state index >= 15 is 0 Å². The van der Waals surface area contributed by atoms with E-state index in [1.54, 1.807) is 0 Å². The van der Waals surface area contributed by atoms with E-state index in [9.17, 15) is 4.79 Å². The fraction of sp³-hybridized carbons (Fsp3) is 0.667. The number of allylic oxidation sites excluding steroid dienone is 1. The molecule has 0 atom stereocenters. The summed E-state index contributed by atoms with van der Waals surface area (Å²) in [4.78, 5) is 11.0. The van der Waals surface area contributed by atoms with Crippen molar-refractivity contribution in [1.82, 2.24) is 0 Å². The SMILES string of the molecule is COC(=O)C1=C(C(C)(C)C)C1. The monoisotopic (exact) mass is 154 g/mol. The van der Waals surface area contributed by atoms with Crippen molar-refractivity contribution >= 4 is 5.97 Å². The fourth-order valence-electron chi connectivity index (χ4n) is 1.17. The summed E-state index contributed by atoms with van der Waals surface area (Å²) in [5.41, 5.74) is 2.26. The van der Waals surface area contributed by atoms with Crippen LogP contribution in [0.25, 0.3) is 0 Å². The van der Waals surface area contributed by atoms with Gasteiger partial charge in [0.15, 0.2) is 0 Å². The molecule has 0 N–H and O–H groups in total. The van der Waals surface area contributed by atoms with E-state index in [-0.39, 0.29) is 11.4 Å². The Morgan fingerprint density at radius 1 is 1.45 bits per heavy atom. The summed E-state index contributed by atoms with van der Waals surface area (Å²) in [7, 11) is 1.42. The van der Waals surface area contributed by atoms with Gasteiger partial charge < -0.3 is 4.74 Å². The molecule has 0 spiro atoms. The summed E-state index contributed by atoms with van der Waals surface area (Å²) in [6.45, 7) is 6.33. The molecule has 0 radical (unpaired) electrons. The van der Waals surface area contributed by atoms with E-state index in [4.69, 9.17) is 0 Å². The number of esters is 1. The molecule has 62 valence electrons. The topological polar surface area (TPSA) is 26.3 Å². The first-order valence-corrected chi connectivity index (χ1v) is 3.77. The normalized spacial score (nSPS) is 16.7. The van der Waals surface area contributed by atoms with Crippen LogP contribution in [0.15, 0.2) is 11.1 Å². The van der Waals surface area contributed by atoms with Gasteiger partial charge in [0.25, 0.3) is 0 Å². The number of hydrogen-bond acceptors (Lipinski definition) is 2. The molecule has 0 saturated heterocycles. The van der Waals surface area contributed by atoms with Gasteiger partial charge in [-0.15, -0.1) is 0 Å². The number of carbonyl (C=O) groups is 1. The van der Waals surface area contributed by atoms with E-state index in [1.807, 2.05) is 0 Å². The van der Waals surface area contributed by atoms with Crippen LogP contribution >= 0.6 is 0 Å². The molecular formula is C9H14O2. The quantitative estimate of drug-likeness (QED) is 0.539. The number of ether oxygens (including phenoxy) is 1. The van der Waals surface area contributed by atoms with Crippen molar-refractivity contribution in [3.05, 3.63) is 11.1 Å². The summed E-state index contributed by atoms with van der Waals surface area (Å²) in [5.74, 6) is -0.157. The molecule has 1 aliphatic rings. The fourth-order valence-corrected chi connectivity index (χ4v) is 1.17. The minimum atomic E-state index is -0.157. The zero-order chi connectivity index (χ0) is 8.65. The molecule has 1 rings (SSSR count). The highest BCUT2D eigenvalue weighted by atomic mass is 16.5. The van der Waals surface area contributed by atoms with Crippen LogP contribution in [-0.2, 0) is 9.53 Å². The van der Waals surface area contributed by atoms with Crippen LogP contribution in [0.2, 0.25) is 0 Å². The molecule has 0 aromatic carbocycles. The van der Waals surface area contributed by atoms with Crippen molar-refractivity contribution in [3.63, 3.8) is 0 Å². The van der Waals surface area contributed by atoms with E-state index in [0.717, 1.165) is 12.0 Å². The first-order chi connectivity index (χ1) is 4.96. The molecule has 11 heavy (non-hydrogen) atoms. The minimum absolute atomic E-state index is 0.142. The standard InChI is InChI=1S/C9H14O2/c1-9(2,3)7-5-6(7)8(10)11-4/h5H2,1-4H3.